The predicted octanol–water partition coefficient (Wildman–Crippen LogP) is 1.62. The second-order valence-corrected chi connectivity index (χ2v) is 3.41. The van der Waals surface area contributed by atoms with Gasteiger partial charge in [-0.3, -0.25) is 4.79 Å². The van der Waals surface area contributed by atoms with Gasteiger partial charge in [-0.2, -0.15) is 18.2 Å². The van der Waals surface area contributed by atoms with Crippen LogP contribution in [0.4, 0.5) is 13.2 Å². The molecule has 0 aromatic heterocycles. The van der Waals surface area contributed by atoms with Crippen LogP contribution in [0.15, 0.2) is 29.3 Å². The van der Waals surface area contributed by atoms with Crippen molar-refractivity contribution in [3.8, 4) is 0 Å². The van der Waals surface area contributed by atoms with Crippen molar-refractivity contribution in [2.45, 2.75) is 12.3 Å². The predicted molar refractivity (Wildman–Crippen MR) is 51.9 cm³/mol. The molecule has 0 radical (unpaired) electrons. The van der Waals surface area contributed by atoms with Crippen molar-refractivity contribution in [3.05, 3.63) is 35.4 Å². The summed E-state index contributed by atoms with van der Waals surface area (Å²) in [5.74, 6) is -0.707. The SMILES string of the molecule is NC1=NC(=O)C(c2cccc(C(F)(F)F)c2)O1. The minimum atomic E-state index is -4.47. The van der Waals surface area contributed by atoms with Gasteiger partial charge in [-0.25, -0.2) is 0 Å². The smallest absolute Gasteiger partial charge is 0.416 e. The number of nitrogens with two attached hydrogens (primary N) is 1. The molecule has 0 bridgehead atoms. The Hall–Kier alpha value is -2.05. The second-order valence-electron chi connectivity index (χ2n) is 3.41. The number of carbonyl (C=O) groups excluding carboxylic acids is 1. The van der Waals surface area contributed by atoms with Gasteiger partial charge >= 0.3 is 6.18 Å². The number of nitrogens with zero attached hydrogens (tertiary/aromatic N) is 1. The molecular weight excluding hydrogens is 237 g/mol. The number of carbonyl (C=O) groups is 1. The van der Waals surface area contributed by atoms with Gasteiger partial charge in [0.15, 0.2) is 0 Å². The van der Waals surface area contributed by atoms with Gasteiger partial charge in [0.25, 0.3) is 11.9 Å². The highest BCUT2D eigenvalue weighted by molar-refractivity contribution is 5.98. The molecule has 1 heterocycles. The van der Waals surface area contributed by atoms with E-state index >= 15 is 0 Å². The minimum Gasteiger partial charge on any atom is -0.447 e. The summed E-state index contributed by atoms with van der Waals surface area (Å²) in [5.41, 5.74) is 4.39. The van der Waals surface area contributed by atoms with Crippen molar-refractivity contribution in [2.75, 3.05) is 0 Å². The first-order valence-electron chi connectivity index (χ1n) is 4.60. The van der Waals surface area contributed by atoms with Crippen molar-refractivity contribution in [1.82, 2.24) is 0 Å². The molecule has 0 saturated carbocycles. The van der Waals surface area contributed by atoms with Gasteiger partial charge in [-0.15, -0.1) is 0 Å². The van der Waals surface area contributed by atoms with E-state index in [1.54, 1.807) is 0 Å². The molecule has 1 unspecified atom stereocenters. The zero-order valence-electron chi connectivity index (χ0n) is 8.36. The lowest BCUT2D eigenvalue weighted by Gasteiger charge is -2.11. The number of hydrogen-bond donors (Lipinski definition) is 1. The lowest BCUT2D eigenvalue weighted by Crippen LogP contribution is -2.15. The Labute approximate surface area is 93.9 Å². The van der Waals surface area contributed by atoms with Crippen molar-refractivity contribution in [1.29, 1.82) is 0 Å². The topological polar surface area (TPSA) is 64.7 Å². The Bertz CT molecular complexity index is 497. The van der Waals surface area contributed by atoms with E-state index in [-0.39, 0.29) is 11.6 Å². The number of amidine groups is 1. The van der Waals surface area contributed by atoms with Crippen LogP contribution in [0.2, 0.25) is 0 Å². The van der Waals surface area contributed by atoms with Gasteiger partial charge in [-0.1, -0.05) is 12.1 Å². The Morgan fingerprint density at radius 1 is 1.35 bits per heavy atom. The van der Waals surface area contributed by atoms with E-state index in [0.29, 0.717) is 0 Å². The average Bonchev–Trinajstić information content (AvgIpc) is 2.57. The Balaban J connectivity index is 2.32. The lowest BCUT2D eigenvalue weighted by atomic mass is 10.1. The third kappa shape index (κ3) is 2.22. The number of halogens is 3. The highest BCUT2D eigenvalue weighted by atomic mass is 19.4. The Kier molecular flexibility index (Phi) is 2.53. The van der Waals surface area contributed by atoms with Crippen LogP contribution in [0.3, 0.4) is 0 Å². The standard InChI is InChI=1S/C10H7F3N2O2/c11-10(12,13)6-3-1-2-5(4-6)7-8(16)15-9(14)17-7/h1-4,7H,(H2,14,15,16). The fourth-order valence-corrected chi connectivity index (χ4v) is 1.45. The van der Waals surface area contributed by atoms with Gasteiger partial charge in [0.2, 0.25) is 6.10 Å². The molecule has 0 aliphatic carbocycles. The normalized spacial score (nSPS) is 20.1. The maximum Gasteiger partial charge on any atom is 0.416 e. The van der Waals surface area contributed by atoms with Crippen LogP contribution in [0.25, 0.3) is 0 Å². The molecule has 2 rings (SSSR count). The molecule has 4 nitrogen and oxygen atoms in total. The van der Waals surface area contributed by atoms with E-state index < -0.39 is 23.8 Å². The number of alkyl halides is 3. The number of hydrogen-bond acceptors (Lipinski definition) is 3. The van der Waals surface area contributed by atoms with Crippen molar-refractivity contribution < 1.29 is 22.7 Å². The molecule has 1 atom stereocenters. The molecule has 0 spiro atoms. The molecular formula is C10H7F3N2O2. The third-order valence-electron chi connectivity index (χ3n) is 2.20. The zero-order valence-corrected chi connectivity index (χ0v) is 8.36. The van der Waals surface area contributed by atoms with E-state index in [4.69, 9.17) is 10.5 Å². The molecule has 1 aromatic carbocycles. The summed E-state index contributed by atoms with van der Waals surface area (Å²) < 4.78 is 42.2. The summed E-state index contributed by atoms with van der Waals surface area (Å²) in [6.45, 7) is 0. The summed E-state index contributed by atoms with van der Waals surface area (Å²) in [7, 11) is 0. The monoisotopic (exact) mass is 244 g/mol. The van der Waals surface area contributed by atoms with E-state index in [2.05, 4.69) is 4.99 Å². The maximum atomic E-state index is 12.4. The number of aliphatic imine (C=N–C) groups is 1. The van der Waals surface area contributed by atoms with E-state index in [9.17, 15) is 18.0 Å². The van der Waals surface area contributed by atoms with Crippen LogP contribution in [0.5, 0.6) is 0 Å². The van der Waals surface area contributed by atoms with Gasteiger partial charge < -0.3 is 10.5 Å². The van der Waals surface area contributed by atoms with Gasteiger partial charge in [0, 0.05) is 5.56 Å². The van der Waals surface area contributed by atoms with Crippen molar-refractivity contribution in [2.24, 2.45) is 10.7 Å². The third-order valence-corrected chi connectivity index (χ3v) is 2.20. The molecule has 90 valence electrons. The highest BCUT2D eigenvalue weighted by Crippen LogP contribution is 2.32. The zero-order chi connectivity index (χ0) is 12.6. The molecule has 1 aliphatic heterocycles. The molecule has 2 N–H and O–H groups in total. The van der Waals surface area contributed by atoms with E-state index in [0.717, 1.165) is 12.1 Å². The second kappa shape index (κ2) is 3.76. The number of ether oxygens (including phenoxy) is 1. The fourth-order valence-electron chi connectivity index (χ4n) is 1.45. The molecule has 0 saturated heterocycles. The first-order valence-corrected chi connectivity index (χ1v) is 4.60. The average molecular weight is 244 g/mol. The molecule has 1 aromatic rings. The van der Waals surface area contributed by atoms with Crippen LogP contribution >= 0.6 is 0 Å². The van der Waals surface area contributed by atoms with Gasteiger partial charge in [0.05, 0.1) is 5.56 Å². The van der Waals surface area contributed by atoms with Crippen LogP contribution < -0.4 is 5.73 Å². The quantitative estimate of drug-likeness (QED) is 0.816. The number of rotatable bonds is 1. The molecule has 0 fully saturated rings. The fraction of sp³-hybridized carbons (Fsp3) is 0.200. The van der Waals surface area contributed by atoms with Gasteiger partial charge in [-0.05, 0) is 12.1 Å². The maximum absolute atomic E-state index is 12.4. The number of benzene rings is 1. The lowest BCUT2D eigenvalue weighted by molar-refractivity contribution is -0.137. The van der Waals surface area contributed by atoms with E-state index in [1.165, 1.54) is 12.1 Å². The van der Waals surface area contributed by atoms with Crippen LogP contribution in [0, 0.1) is 0 Å². The van der Waals surface area contributed by atoms with Crippen molar-refractivity contribution in [3.63, 3.8) is 0 Å². The molecule has 1 amide bonds. The van der Waals surface area contributed by atoms with Crippen molar-refractivity contribution >= 4 is 11.9 Å². The summed E-state index contributed by atoms with van der Waals surface area (Å²) in [5, 5.41) is 0. The van der Waals surface area contributed by atoms with Crippen LogP contribution in [0.1, 0.15) is 17.2 Å². The van der Waals surface area contributed by atoms with E-state index in [1.807, 2.05) is 0 Å². The first kappa shape index (κ1) is 11.4. The number of amides is 1. The summed E-state index contributed by atoms with van der Waals surface area (Å²) in [6, 6.07) is 3.97. The summed E-state index contributed by atoms with van der Waals surface area (Å²) >= 11 is 0. The first-order chi connectivity index (χ1) is 7.88. The Morgan fingerprint density at radius 2 is 2.06 bits per heavy atom. The largest absolute Gasteiger partial charge is 0.447 e. The molecule has 7 heteroatoms. The van der Waals surface area contributed by atoms with Crippen LogP contribution in [-0.2, 0) is 15.7 Å². The highest BCUT2D eigenvalue weighted by Gasteiger charge is 2.34. The molecule has 1 aliphatic rings. The summed E-state index contributed by atoms with van der Waals surface area (Å²) in [6.07, 6.45) is -5.65. The Morgan fingerprint density at radius 3 is 2.59 bits per heavy atom. The van der Waals surface area contributed by atoms with Gasteiger partial charge in [0.1, 0.15) is 0 Å². The van der Waals surface area contributed by atoms with Crippen LogP contribution in [-0.4, -0.2) is 11.9 Å². The molecule has 17 heavy (non-hydrogen) atoms. The minimum absolute atomic E-state index is 0.0778. The summed E-state index contributed by atoms with van der Waals surface area (Å²) in [4.78, 5) is 14.6.